The molecule has 0 spiro atoms. The minimum absolute atomic E-state index is 0.0367. The van der Waals surface area contributed by atoms with Gasteiger partial charge in [-0.1, -0.05) is 54.6 Å². The lowest BCUT2D eigenvalue weighted by atomic mass is 10.0. The first-order chi connectivity index (χ1) is 17.0. The molecule has 1 atom stereocenters. The molecule has 4 aromatic rings. The predicted molar refractivity (Wildman–Crippen MR) is 139 cm³/mol. The highest BCUT2D eigenvalue weighted by Gasteiger charge is 2.20. The summed E-state index contributed by atoms with van der Waals surface area (Å²) in [6, 6.07) is 20.2. The van der Waals surface area contributed by atoms with Gasteiger partial charge in [-0.3, -0.25) is 23.8 Å². The number of amides is 1. The maximum absolute atomic E-state index is 12.7. The zero-order valence-electron chi connectivity index (χ0n) is 19.8. The summed E-state index contributed by atoms with van der Waals surface area (Å²) < 4.78 is 1.57. The van der Waals surface area contributed by atoms with Crippen LogP contribution in [0.25, 0.3) is 16.1 Å². The summed E-state index contributed by atoms with van der Waals surface area (Å²) in [5.41, 5.74) is 4.21. The second-order valence-electron chi connectivity index (χ2n) is 8.97. The van der Waals surface area contributed by atoms with Crippen LogP contribution >= 0.6 is 11.3 Å². The minimum atomic E-state index is -0.0500. The Morgan fingerprint density at radius 3 is 2.43 bits per heavy atom. The summed E-state index contributed by atoms with van der Waals surface area (Å²) in [7, 11) is 0. The first-order valence-electron chi connectivity index (χ1n) is 11.9. The molecule has 1 amide bonds. The lowest BCUT2D eigenvalue weighted by Crippen LogP contribution is -2.49. The van der Waals surface area contributed by atoms with Crippen molar-refractivity contribution in [2.24, 2.45) is 0 Å². The Morgan fingerprint density at radius 1 is 1.00 bits per heavy atom. The van der Waals surface area contributed by atoms with Crippen molar-refractivity contribution in [3.05, 3.63) is 93.9 Å². The van der Waals surface area contributed by atoms with Crippen LogP contribution in [-0.4, -0.2) is 57.8 Å². The van der Waals surface area contributed by atoms with Crippen LogP contribution in [0.5, 0.6) is 0 Å². The zero-order valence-corrected chi connectivity index (χ0v) is 20.6. The Labute approximate surface area is 208 Å². The van der Waals surface area contributed by atoms with Gasteiger partial charge in [0.25, 0.3) is 5.56 Å². The number of piperazine rings is 1. The Hall–Kier alpha value is -3.33. The number of rotatable bonds is 7. The highest BCUT2D eigenvalue weighted by molar-refractivity contribution is 7.15. The third-order valence-electron chi connectivity index (χ3n) is 6.47. The summed E-state index contributed by atoms with van der Waals surface area (Å²) in [5.74, 6) is 0.0379. The molecular weight excluding hydrogens is 458 g/mol. The van der Waals surface area contributed by atoms with Gasteiger partial charge in [-0.05, 0) is 23.6 Å². The number of carbonyl (C=O) groups is 1. The third-order valence-corrected chi connectivity index (χ3v) is 7.23. The normalized spacial score (nSPS) is 15.8. The van der Waals surface area contributed by atoms with Crippen molar-refractivity contribution in [3.63, 3.8) is 0 Å². The van der Waals surface area contributed by atoms with Gasteiger partial charge >= 0.3 is 0 Å². The summed E-state index contributed by atoms with van der Waals surface area (Å²) in [6.45, 7) is 6.38. The molecule has 0 radical (unpaired) electrons. The fourth-order valence-corrected chi connectivity index (χ4v) is 5.21. The van der Waals surface area contributed by atoms with Crippen LogP contribution < -0.4 is 10.9 Å². The number of nitrogens with one attached hydrogen (secondary N) is 1. The fraction of sp³-hybridized carbons (Fsp3) is 0.296. The van der Waals surface area contributed by atoms with Crippen molar-refractivity contribution < 1.29 is 4.79 Å². The topological polar surface area (TPSA) is 70.0 Å². The Balaban J connectivity index is 1.09. The molecule has 1 aliphatic heterocycles. The molecule has 8 heteroatoms. The van der Waals surface area contributed by atoms with Gasteiger partial charge < -0.3 is 5.32 Å². The average Bonchev–Trinajstić information content (AvgIpc) is 3.35. The third kappa shape index (κ3) is 5.67. The quantitative estimate of drug-likeness (QED) is 0.433. The maximum Gasteiger partial charge on any atom is 0.258 e. The summed E-state index contributed by atoms with van der Waals surface area (Å²) in [6.07, 6.45) is 1.75. The molecule has 1 saturated heterocycles. The van der Waals surface area contributed by atoms with Crippen molar-refractivity contribution in [2.75, 3.05) is 32.7 Å². The SMILES string of the molecule is C[C@@H](NC(=O)CN1CCN(Cc2cc(=O)n3ccsc3n2)CC1)c1ccc(-c2ccccc2)cc1. The fourth-order valence-electron chi connectivity index (χ4n) is 4.47. The molecule has 2 aromatic heterocycles. The minimum Gasteiger partial charge on any atom is -0.348 e. The van der Waals surface area contributed by atoms with E-state index in [2.05, 4.69) is 56.5 Å². The largest absolute Gasteiger partial charge is 0.348 e. The number of aromatic nitrogens is 2. The van der Waals surface area contributed by atoms with Crippen LogP contribution in [0.2, 0.25) is 0 Å². The van der Waals surface area contributed by atoms with Crippen LogP contribution in [0.4, 0.5) is 0 Å². The molecule has 5 rings (SSSR count). The van der Waals surface area contributed by atoms with E-state index in [4.69, 9.17) is 0 Å². The number of nitrogens with zero attached hydrogens (tertiary/aromatic N) is 4. The molecule has 1 aliphatic rings. The second kappa shape index (κ2) is 10.5. The van der Waals surface area contributed by atoms with Crippen molar-refractivity contribution in [2.45, 2.75) is 19.5 Å². The van der Waals surface area contributed by atoms with Gasteiger partial charge in [-0.15, -0.1) is 11.3 Å². The Kier molecular flexibility index (Phi) is 7.03. The van der Waals surface area contributed by atoms with E-state index in [1.165, 1.54) is 22.5 Å². The van der Waals surface area contributed by atoms with E-state index in [0.29, 0.717) is 13.1 Å². The molecule has 0 unspecified atom stereocenters. The monoisotopic (exact) mass is 487 g/mol. The number of fused-ring (bicyclic) bond motifs is 1. The van der Waals surface area contributed by atoms with Crippen LogP contribution in [0, 0.1) is 0 Å². The Bertz CT molecular complexity index is 1340. The summed E-state index contributed by atoms with van der Waals surface area (Å²) in [4.78, 5) is 34.7. The van der Waals surface area contributed by atoms with Crippen LogP contribution in [0.15, 0.2) is 77.0 Å². The van der Waals surface area contributed by atoms with Gasteiger partial charge in [0, 0.05) is 50.4 Å². The van der Waals surface area contributed by atoms with E-state index >= 15 is 0 Å². The van der Waals surface area contributed by atoms with Gasteiger partial charge in [0.1, 0.15) is 0 Å². The van der Waals surface area contributed by atoms with E-state index in [-0.39, 0.29) is 17.5 Å². The van der Waals surface area contributed by atoms with Crippen molar-refractivity contribution in [1.82, 2.24) is 24.5 Å². The number of carbonyl (C=O) groups excluding carboxylic acids is 1. The number of thiazole rings is 1. The van der Waals surface area contributed by atoms with E-state index in [1.807, 2.05) is 30.5 Å². The molecule has 35 heavy (non-hydrogen) atoms. The van der Waals surface area contributed by atoms with Crippen LogP contribution in [-0.2, 0) is 11.3 Å². The molecule has 180 valence electrons. The van der Waals surface area contributed by atoms with E-state index < -0.39 is 0 Å². The zero-order chi connectivity index (χ0) is 24.2. The highest BCUT2D eigenvalue weighted by atomic mass is 32.1. The molecule has 7 nitrogen and oxygen atoms in total. The molecule has 3 heterocycles. The van der Waals surface area contributed by atoms with Gasteiger partial charge in [0.2, 0.25) is 5.91 Å². The smallest absolute Gasteiger partial charge is 0.258 e. The van der Waals surface area contributed by atoms with Crippen molar-refractivity contribution in [1.29, 1.82) is 0 Å². The molecule has 0 saturated carbocycles. The number of hydrogen-bond donors (Lipinski definition) is 1. The van der Waals surface area contributed by atoms with Gasteiger partial charge in [-0.2, -0.15) is 0 Å². The lowest BCUT2D eigenvalue weighted by Gasteiger charge is -2.34. The molecule has 0 aliphatic carbocycles. The molecule has 1 N–H and O–H groups in total. The second-order valence-corrected chi connectivity index (χ2v) is 9.84. The van der Waals surface area contributed by atoms with Crippen molar-refractivity contribution >= 4 is 22.2 Å². The first kappa shape index (κ1) is 23.4. The summed E-state index contributed by atoms with van der Waals surface area (Å²) >= 11 is 1.47. The molecule has 1 fully saturated rings. The standard InChI is InChI=1S/C27H29N5O2S/c1-20(21-7-9-23(10-8-21)22-5-3-2-4-6-22)28-25(33)19-31-13-11-30(12-14-31)18-24-17-26(34)32-15-16-35-27(32)29-24/h2-10,15-17,20H,11-14,18-19H2,1H3,(H,28,33)/t20-/m1/s1. The maximum atomic E-state index is 12.7. The van der Waals surface area contributed by atoms with Crippen molar-refractivity contribution in [3.8, 4) is 11.1 Å². The van der Waals surface area contributed by atoms with E-state index in [1.54, 1.807) is 16.7 Å². The van der Waals surface area contributed by atoms with Gasteiger partial charge in [-0.25, -0.2) is 4.98 Å². The average molecular weight is 488 g/mol. The van der Waals surface area contributed by atoms with Gasteiger partial charge in [0.15, 0.2) is 4.96 Å². The predicted octanol–water partition coefficient (Wildman–Crippen LogP) is 3.42. The van der Waals surface area contributed by atoms with E-state index in [0.717, 1.165) is 42.4 Å². The van der Waals surface area contributed by atoms with Crippen LogP contribution in [0.3, 0.4) is 0 Å². The highest BCUT2D eigenvalue weighted by Crippen LogP contribution is 2.21. The first-order valence-corrected chi connectivity index (χ1v) is 12.8. The lowest BCUT2D eigenvalue weighted by molar-refractivity contribution is -0.123. The molecule has 0 bridgehead atoms. The Morgan fingerprint density at radius 2 is 1.69 bits per heavy atom. The van der Waals surface area contributed by atoms with E-state index in [9.17, 15) is 9.59 Å². The summed E-state index contributed by atoms with van der Waals surface area (Å²) in [5, 5.41) is 5.01. The number of hydrogen-bond acceptors (Lipinski definition) is 6. The number of benzene rings is 2. The molecule has 2 aromatic carbocycles. The molecular formula is C27H29N5O2S. The van der Waals surface area contributed by atoms with Crippen LogP contribution in [0.1, 0.15) is 24.2 Å². The van der Waals surface area contributed by atoms with Gasteiger partial charge in [0.05, 0.1) is 18.3 Å².